The van der Waals surface area contributed by atoms with Gasteiger partial charge in [0.25, 0.3) is 0 Å². The Balaban J connectivity index is 1.90. The fourth-order valence-corrected chi connectivity index (χ4v) is 3.55. The number of sulfonamides is 1. The van der Waals surface area contributed by atoms with Gasteiger partial charge >= 0.3 is 0 Å². The molecule has 1 aromatic rings. The molecule has 6 heteroatoms. The van der Waals surface area contributed by atoms with Crippen molar-refractivity contribution in [3.05, 3.63) is 24.0 Å². The first-order chi connectivity index (χ1) is 10.3. The predicted octanol–water partition coefficient (Wildman–Crippen LogP) is 3.18. The largest absolute Gasteiger partial charge is 0.372 e. The zero-order valence-corrected chi connectivity index (χ0v) is 14.4. The molecular formula is C16H26N2O3S. The van der Waals surface area contributed by atoms with E-state index in [1.165, 1.54) is 12.8 Å². The molecule has 1 fully saturated rings. The van der Waals surface area contributed by atoms with E-state index in [1.807, 2.05) is 0 Å². The topological polar surface area (TPSA) is 68.3 Å². The van der Waals surface area contributed by atoms with E-state index in [-0.39, 0.29) is 6.10 Å². The first-order valence-corrected chi connectivity index (χ1v) is 9.77. The van der Waals surface area contributed by atoms with Crippen LogP contribution in [0.2, 0.25) is 0 Å². The molecule has 0 unspecified atom stereocenters. The van der Waals surface area contributed by atoms with Crippen molar-refractivity contribution in [1.82, 2.24) is 4.98 Å². The van der Waals surface area contributed by atoms with Crippen molar-refractivity contribution in [2.24, 2.45) is 11.8 Å². The minimum atomic E-state index is -3.31. The van der Waals surface area contributed by atoms with Crippen LogP contribution in [0.4, 0.5) is 5.69 Å². The summed E-state index contributed by atoms with van der Waals surface area (Å²) in [6.45, 7) is 4.90. The molecule has 1 aliphatic rings. The SMILES string of the molecule is CC(C)[C@H]1CC[C@@H](OCc2ncccc2NS(C)(=O)=O)CC1. The standard InChI is InChI=1S/C16H26N2O3S/c1-12(2)13-6-8-14(9-7-13)21-11-16-15(5-4-10-17-16)18-22(3,19)20/h4-5,10,12-14,18H,6-9,11H2,1-3H3/t13-,14+. The van der Waals surface area contributed by atoms with E-state index in [2.05, 4.69) is 23.6 Å². The fraction of sp³-hybridized carbons (Fsp3) is 0.688. The zero-order valence-electron chi connectivity index (χ0n) is 13.6. The average Bonchev–Trinajstić information content (AvgIpc) is 2.45. The molecule has 1 heterocycles. The Hall–Kier alpha value is -1.14. The number of aromatic nitrogens is 1. The Morgan fingerprint density at radius 3 is 2.59 bits per heavy atom. The van der Waals surface area contributed by atoms with E-state index in [9.17, 15) is 8.42 Å². The summed E-state index contributed by atoms with van der Waals surface area (Å²) in [6.07, 6.45) is 7.61. The van der Waals surface area contributed by atoms with E-state index in [4.69, 9.17) is 4.74 Å². The molecule has 0 spiro atoms. The predicted molar refractivity (Wildman–Crippen MR) is 88.1 cm³/mol. The van der Waals surface area contributed by atoms with Crippen LogP contribution in [0.25, 0.3) is 0 Å². The van der Waals surface area contributed by atoms with E-state index in [1.54, 1.807) is 18.3 Å². The van der Waals surface area contributed by atoms with Crippen molar-refractivity contribution in [2.45, 2.75) is 52.2 Å². The number of pyridine rings is 1. The molecule has 22 heavy (non-hydrogen) atoms. The number of nitrogens with zero attached hydrogens (tertiary/aromatic N) is 1. The minimum Gasteiger partial charge on any atom is -0.372 e. The van der Waals surface area contributed by atoms with Crippen molar-refractivity contribution in [1.29, 1.82) is 0 Å². The number of hydrogen-bond donors (Lipinski definition) is 1. The highest BCUT2D eigenvalue weighted by atomic mass is 32.2. The second kappa shape index (κ2) is 7.42. The molecule has 0 bridgehead atoms. The highest BCUT2D eigenvalue weighted by Crippen LogP contribution is 2.31. The molecule has 124 valence electrons. The number of anilines is 1. The lowest BCUT2D eigenvalue weighted by atomic mass is 9.80. The van der Waals surface area contributed by atoms with Crippen LogP contribution < -0.4 is 4.72 Å². The summed E-state index contributed by atoms with van der Waals surface area (Å²) in [5, 5.41) is 0. The van der Waals surface area contributed by atoms with Crippen molar-refractivity contribution in [3.8, 4) is 0 Å². The third kappa shape index (κ3) is 5.25. The second-order valence-electron chi connectivity index (χ2n) is 6.46. The quantitative estimate of drug-likeness (QED) is 0.872. The molecule has 0 amide bonds. The summed E-state index contributed by atoms with van der Waals surface area (Å²) in [5.74, 6) is 1.54. The lowest BCUT2D eigenvalue weighted by Crippen LogP contribution is -2.24. The third-order valence-electron chi connectivity index (χ3n) is 4.30. The normalized spacial score (nSPS) is 22.7. The van der Waals surface area contributed by atoms with Crippen molar-refractivity contribution in [3.63, 3.8) is 0 Å². The van der Waals surface area contributed by atoms with Crippen LogP contribution in [-0.4, -0.2) is 25.8 Å². The van der Waals surface area contributed by atoms with Crippen molar-refractivity contribution < 1.29 is 13.2 Å². The lowest BCUT2D eigenvalue weighted by Gasteiger charge is -2.30. The van der Waals surface area contributed by atoms with E-state index >= 15 is 0 Å². The van der Waals surface area contributed by atoms with Gasteiger partial charge in [-0.3, -0.25) is 9.71 Å². The maximum absolute atomic E-state index is 11.4. The van der Waals surface area contributed by atoms with Gasteiger partial charge in [0.2, 0.25) is 10.0 Å². The molecule has 1 saturated carbocycles. The fourth-order valence-electron chi connectivity index (χ4n) is 2.96. The summed E-state index contributed by atoms with van der Waals surface area (Å²) in [7, 11) is -3.31. The van der Waals surface area contributed by atoms with E-state index in [0.29, 0.717) is 18.0 Å². The highest BCUT2D eigenvalue weighted by molar-refractivity contribution is 7.92. The molecule has 1 N–H and O–H groups in total. The van der Waals surface area contributed by atoms with Gasteiger partial charge in [-0.15, -0.1) is 0 Å². The average molecular weight is 326 g/mol. The smallest absolute Gasteiger partial charge is 0.229 e. The Bertz CT molecular complexity index is 579. The summed E-state index contributed by atoms with van der Waals surface area (Å²) >= 11 is 0. The summed E-state index contributed by atoms with van der Waals surface area (Å²) < 4.78 is 31.2. The zero-order chi connectivity index (χ0) is 16.2. The molecule has 0 atom stereocenters. The first kappa shape index (κ1) is 17.2. The third-order valence-corrected chi connectivity index (χ3v) is 4.89. The Morgan fingerprint density at radius 2 is 2.00 bits per heavy atom. The van der Waals surface area contributed by atoms with Crippen molar-refractivity contribution >= 4 is 15.7 Å². The van der Waals surface area contributed by atoms with Crippen LogP contribution in [0.3, 0.4) is 0 Å². The van der Waals surface area contributed by atoms with Crippen LogP contribution in [0.1, 0.15) is 45.2 Å². The summed E-state index contributed by atoms with van der Waals surface area (Å²) in [6, 6.07) is 3.42. The lowest BCUT2D eigenvalue weighted by molar-refractivity contribution is 0.00145. The van der Waals surface area contributed by atoms with Gasteiger partial charge in [0.15, 0.2) is 0 Å². The number of rotatable bonds is 6. The first-order valence-electron chi connectivity index (χ1n) is 7.88. The van der Waals surface area contributed by atoms with Crippen LogP contribution in [0.15, 0.2) is 18.3 Å². The molecule has 0 aromatic carbocycles. The van der Waals surface area contributed by atoms with Crippen LogP contribution in [-0.2, 0) is 21.4 Å². The van der Waals surface area contributed by atoms with Crippen LogP contribution >= 0.6 is 0 Å². The Labute approximate surface area is 133 Å². The molecule has 5 nitrogen and oxygen atoms in total. The van der Waals surface area contributed by atoms with Crippen LogP contribution in [0, 0.1) is 11.8 Å². The number of hydrogen-bond acceptors (Lipinski definition) is 4. The number of nitrogens with one attached hydrogen (secondary N) is 1. The van der Waals surface area contributed by atoms with Gasteiger partial charge in [-0.2, -0.15) is 0 Å². The Morgan fingerprint density at radius 1 is 1.32 bits per heavy atom. The molecule has 2 rings (SSSR count). The maximum Gasteiger partial charge on any atom is 0.229 e. The maximum atomic E-state index is 11.4. The summed E-state index contributed by atoms with van der Waals surface area (Å²) in [4.78, 5) is 4.24. The van der Waals surface area contributed by atoms with Gasteiger partial charge in [0.05, 0.1) is 30.3 Å². The molecule has 1 aliphatic carbocycles. The van der Waals surface area contributed by atoms with Gasteiger partial charge in [-0.1, -0.05) is 13.8 Å². The van der Waals surface area contributed by atoms with Gasteiger partial charge in [-0.25, -0.2) is 8.42 Å². The highest BCUT2D eigenvalue weighted by Gasteiger charge is 2.24. The molecular weight excluding hydrogens is 300 g/mol. The monoisotopic (exact) mass is 326 g/mol. The van der Waals surface area contributed by atoms with Crippen LogP contribution in [0.5, 0.6) is 0 Å². The van der Waals surface area contributed by atoms with E-state index in [0.717, 1.165) is 30.9 Å². The Kier molecular flexibility index (Phi) is 5.81. The second-order valence-corrected chi connectivity index (χ2v) is 8.21. The molecule has 0 radical (unpaired) electrons. The minimum absolute atomic E-state index is 0.253. The van der Waals surface area contributed by atoms with Gasteiger partial charge in [0.1, 0.15) is 0 Å². The number of ether oxygens (including phenoxy) is 1. The van der Waals surface area contributed by atoms with Gasteiger partial charge in [-0.05, 0) is 49.7 Å². The summed E-state index contributed by atoms with van der Waals surface area (Å²) in [5.41, 5.74) is 1.14. The molecule has 1 aromatic heterocycles. The van der Waals surface area contributed by atoms with Gasteiger partial charge in [0, 0.05) is 6.20 Å². The van der Waals surface area contributed by atoms with Crippen molar-refractivity contribution in [2.75, 3.05) is 11.0 Å². The van der Waals surface area contributed by atoms with Gasteiger partial charge < -0.3 is 4.74 Å². The molecule has 0 aliphatic heterocycles. The van der Waals surface area contributed by atoms with E-state index < -0.39 is 10.0 Å². The molecule has 0 saturated heterocycles.